The Labute approximate surface area is 422 Å². The topological polar surface area (TPSA) is 6.48 Å². The number of fused-ring (bicyclic) bond motifs is 1. The third kappa shape index (κ3) is 9.09. The van der Waals surface area contributed by atoms with Crippen molar-refractivity contribution in [2.24, 2.45) is 0 Å². The van der Waals surface area contributed by atoms with Gasteiger partial charge in [0, 0.05) is 33.8 Å². The van der Waals surface area contributed by atoms with Gasteiger partial charge in [0.2, 0.25) is 0 Å². The van der Waals surface area contributed by atoms with Gasteiger partial charge in [-0.25, -0.2) is 0 Å². The van der Waals surface area contributed by atoms with E-state index in [4.69, 9.17) is 0 Å². The molecule has 12 rings (SSSR count). The SMILES string of the molecule is c1ccc(-c2ccc(-c3ccc(N(c4ccc(-c5ccccc5)cc4)c4ccc(-c5ccc(N(c6ccc(-c7cccc(-c8ccccc8)c7)cc6)c6cccc7ccccc67)cc5)cc4)cc3)cc2)cc1. The maximum Gasteiger partial charge on any atom is 0.0540 e. The van der Waals surface area contributed by atoms with Gasteiger partial charge in [0.1, 0.15) is 0 Å². The average molecular weight is 919 g/mol. The van der Waals surface area contributed by atoms with E-state index in [9.17, 15) is 0 Å². The molecule has 0 N–H and O–H groups in total. The summed E-state index contributed by atoms with van der Waals surface area (Å²) < 4.78 is 0. The lowest BCUT2D eigenvalue weighted by molar-refractivity contribution is 1.28. The molecule has 0 spiro atoms. The highest BCUT2D eigenvalue weighted by Crippen LogP contribution is 2.42. The van der Waals surface area contributed by atoms with Crippen molar-refractivity contribution in [1.82, 2.24) is 0 Å². The lowest BCUT2D eigenvalue weighted by Gasteiger charge is -2.27. The minimum Gasteiger partial charge on any atom is -0.311 e. The van der Waals surface area contributed by atoms with Crippen LogP contribution in [0.1, 0.15) is 0 Å². The molecule has 0 aromatic heterocycles. The average Bonchev–Trinajstić information content (AvgIpc) is 3.47. The highest BCUT2D eigenvalue weighted by Gasteiger charge is 2.18. The summed E-state index contributed by atoms with van der Waals surface area (Å²) in [4.78, 5) is 4.72. The van der Waals surface area contributed by atoms with Gasteiger partial charge in [0.15, 0.2) is 0 Å². The second-order valence-corrected chi connectivity index (χ2v) is 18.2. The number of benzene rings is 12. The number of anilines is 6. The van der Waals surface area contributed by atoms with Crippen molar-refractivity contribution < 1.29 is 0 Å². The largest absolute Gasteiger partial charge is 0.311 e. The summed E-state index contributed by atoms with van der Waals surface area (Å²) in [6, 6.07) is 109. The fourth-order valence-electron chi connectivity index (χ4n) is 9.92. The second kappa shape index (κ2) is 19.8. The minimum absolute atomic E-state index is 1.08. The second-order valence-electron chi connectivity index (χ2n) is 18.2. The first kappa shape index (κ1) is 43.8. The van der Waals surface area contributed by atoms with E-state index in [-0.39, 0.29) is 0 Å². The Morgan fingerprint density at radius 2 is 0.417 bits per heavy atom. The number of rotatable bonds is 12. The molecule has 72 heavy (non-hydrogen) atoms. The first-order chi connectivity index (χ1) is 35.7. The molecule has 0 unspecified atom stereocenters. The molecule has 0 bridgehead atoms. The maximum absolute atomic E-state index is 2.38. The molecular formula is C70H50N2. The molecule has 340 valence electrons. The van der Waals surface area contributed by atoms with Crippen molar-refractivity contribution in [2.75, 3.05) is 9.80 Å². The van der Waals surface area contributed by atoms with Crippen LogP contribution in [0.5, 0.6) is 0 Å². The van der Waals surface area contributed by atoms with Crippen molar-refractivity contribution in [3.63, 3.8) is 0 Å². The fraction of sp³-hybridized carbons (Fsp3) is 0. The van der Waals surface area contributed by atoms with Crippen LogP contribution < -0.4 is 9.80 Å². The van der Waals surface area contributed by atoms with Crippen LogP contribution in [0.2, 0.25) is 0 Å². The van der Waals surface area contributed by atoms with Crippen molar-refractivity contribution in [2.45, 2.75) is 0 Å². The first-order valence-corrected chi connectivity index (χ1v) is 24.6. The van der Waals surface area contributed by atoms with Crippen LogP contribution in [0.15, 0.2) is 303 Å². The smallest absolute Gasteiger partial charge is 0.0540 e. The predicted molar refractivity (Wildman–Crippen MR) is 306 cm³/mol. The minimum atomic E-state index is 1.08. The molecule has 0 amide bonds. The van der Waals surface area contributed by atoms with Gasteiger partial charge >= 0.3 is 0 Å². The molecule has 0 saturated carbocycles. The highest BCUT2D eigenvalue weighted by atomic mass is 15.1. The highest BCUT2D eigenvalue weighted by molar-refractivity contribution is 5.99. The molecule has 0 heterocycles. The van der Waals surface area contributed by atoms with Crippen LogP contribution >= 0.6 is 0 Å². The van der Waals surface area contributed by atoms with Gasteiger partial charge in [-0.3, -0.25) is 0 Å². The first-order valence-electron chi connectivity index (χ1n) is 24.6. The van der Waals surface area contributed by atoms with Gasteiger partial charge in [0.05, 0.1) is 5.69 Å². The van der Waals surface area contributed by atoms with E-state index < -0.39 is 0 Å². The van der Waals surface area contributed by atoms with Crippen LogP contribution in [-0.2, 0) is 0 Å². The van der Waals surface area contributed by atoms with Crippen LogP contribution in [0.25, 0.3) is 77.5 Å². The lowest BCUT2D eigenvalue weighted by Crippen LogP contribution is -2.10. The summed E-state index contributed by atoms with van der Waals surface area (Å²) in [5.74, 6) is 0. The summed E-state index contributed by atoms with van der Waals surface area (Å²) in [6.07, 6.45) is 0. The van der Waals surface area contributed by atoms with Crippen molar-refractivity contribution in [1.29, 1.82) is 0 Å². The molecule has 0 fully saturated rings. The number of hydrogen-bond acceptors (Lipinski definition) is 2. The third-order valence-electron chi connectivity index (χ3n) is 13.7. The van der Waals surface area contributed by atoms with E-state index in [1.165, 1.54) is 66.4 Å². The van der Waals surface area contributed by atoms with E-state index >= 15 is 0 Å². The number of nitrogens with zero attached hydrogens (tertiary/aromatic N) is 2. The Kier molecular flexibility index (Phi) is 12.1. The van der Waals surface area contributed by atoms with Crippen LogP contribution in [0.4, 0.5) is 34.1 Å². The molecule has 0 saturated heterocycles. The predicted octanol–water partition coefficient (Wildman–Crippen LogP) is 19.8. The van der Waals surface area contributed by atoms with Crippen molar-refractivity contribution >= 4 is 44.9 Å². The Bertz CT molecular complexity index is 3710. The third-order valence-corrected chi connectivity index (χ3v) is 13.7. The Morgan fingerprint density at radius 1 is 0.167 bits per heavy atom. The summed E-state index contributed by atoms with van der Waals surface area (Å²) >= 11 is 0. The lowest BCUT2D eigenvalue weighted by atomic mass is 9.98. The number of hydrogen-bond donors (Lipinski definition) is 0. The van der Waals surface area contributed by atoms with Crippen molar-refractivity contribution in [3.05, 3.63) is 303 Å². The Balaban J connectivity index is 0.851. The van der Waals surface area contributed by atoms with Crippen molar-refractivity contribution in [3.8, 4) is 66.8 Å². The van der Waals surface area contributed by atoms with E-state index in [0.717, 1.165) is 45.3 Å². The van der Waals surface area contributed by atoms with Crippen LogP contribution in [0, 0.1) is 0 Å². The normalized spacial score (nSPS) is 11.1. The molecule has 0 radical (unpaired) electrons. The molecule has 12 aromatic carbocycles. The van der Waals surface area contributed by atoms with Gasteiger partial charge < -0.3 is 9.80 Å². The summed E-state index contributed by atoms with van der Waals surface area (Å²) in [6.45, 7) is 0. The molecule has 0 aliphatic carbocycles. The molecule has 0 atom stereocenters. The van der Waals surface area contributed by atoms with Gasteiger partial charge in [-0.15, -0.1) is 0 Å². The molecule has 0 aliphatic rings. The Morgan fingerprint density at radius 3 is 0.806 bits per heavy atom. The fourth-order valence-corrected chi connectivity index (χ4v) is 9.92. The van der Waals surface area contributed by atoms with Gasteiger partial charge in [-0.2, -0.15) is 0 Å². The summed E-state index contributed by atoms with van der Waals surface area (Å²) in [5, 5.41) is 2.41. The maximum atomic E-state index is 2.38. The standard InChI is InChI=1S/C70H50N2/c1-4-14-51(15-5-1)54-26-28-55(29-27-54)57-32-42-65(43-33-57)71(64-40-30-56(31-41-64)52-16-6-2-7-17-52)66-44-34-58(35-45-66)59-36-46-67(47-37-59)72(70-25-13-21-61-20-10-11-24-69(61)70)68-48-38-60(39-49-68)63-23-12-22-62(50-63)53-18-8-3-9-19-53/h1-50H. The zero-order chi connectivity index (χ0) is 48.1. The zero-order valence-corrected chi connectivity index (χ0v) is 39.8. The van der Waals surface area contributed by atoms with Gasteiger partial charge in [0.25, 0.3) is 0 Å². The Hall–Kier alpha value is -9.50. The van der Waals surface area contributed by atoms with Crippen LogP contribution in [-0.4, -0.2) is 0 Å². The van der Waals surface area contributed by atoms with E-state index in [0.29, 0.717) is 0 Å². The van der Waals surface area contributed by atoms with Gasteiger partial charge in [-0.05, 0) is 145 Å². The van der Waals surface area contributed by atoms with Crippen LogP contribution in [0.3, 0.4) is 0 Å². The molecular weight excluding hydrogens is 869 g/mol. The quantitative estimate of drug-likeness (QED) is 0.120. The molecule has 0 aliphatic heterocycles. The van der Waals surface area contributed by atoms with E-state index in [1.807, 2.05) is 0 Å². The van der Waals surface area contributed by atoms with E-state index in [1.54, 1.807) is 0 Å². The van der Waals surface area contributed by atoms with Gasteiger partial charge in [-0.1, -0.05) is 231 Å². The summed E-state index contributed by atoms with van der Waals surface area (Å²) in [5.41, 5.74) is 20.9. The monoisotopic (exact) mass is 918 g/mol. The van der Waals surface area contributed by atoms with E-state index in [2.05, 4.69) is 313 Å². The zero-order valence-electron chi connectivity index (χ0n) is 39.8. The molecule has 2 nitrogen and oxygen atoms in total. The summed E-state index contributed by atoms with van der Waals surface area (Å²) in [7, 11) is 0. The molecule has 12 aromatic rings. The molecule has 2 heteroatoms.